The van der Waals surface area contributed by atoms with E-state index in [1.54, 1.807) is 13.3 Å². The quantitative estimate of drug-likeness (QED) is 0.762. The Bertz CT molecular complexity index is 748. The van der Waals surface area contributed by atoms with Crippen molar-refractivity contribution >= 4 is 17.1 Å². The number of anilines is 1. The molecule has 0 unspecified atom stereocenters. The lowest BCUT2D eigenvalue weighted by atomic mass is 10.2. The highest BCUT2D eigenvalue weighted by Gasteiger charge is 2.11. The maximum absolute atomic E-state index is 5.99. The fourth-order valence-electron chi connectivity index (χ4n) is 2.19. The van der Waals surface area contributed by atoms with Gasteiger partial charge in [0.05, 0.1) is 12.8 Å². The number of aromatic nitrogens is 3. The number of rotatable bonds is 2. The van der Waals surface area contributed by atoms with Gasteiger partial charge in [-0.2, -0.15) is 0 Å². The molecule has 2 N–H and O–H groups in total. The fraction of sp³-hybridized carbons (Fsp3) is 0.143. The van der Waals surface area contributed by atoms with Gasteiger partial charge in [-0.3, -0.25) is 4.57 Å². The molecule has 2 aromatic heterocycles. The molecule has 3 rings (SSSR count). The molecule has 0 atom stereocenters. The molecule has 19 heavy (non-hydrogen) atoms. The molecule has 3 aromatic rings. The van der Waals surface area contributed by atoms with E-state index in [4.69, 9.17) is 10.5 Å². The Hall–Kier alpha value is -2.56. The van der Waals surface area contributed by atoms with Gasteiger partial charge in [0.2, 0.25) is 5.95 Å². The van der Waals surface area contributed by atoms with E-state index in [0.717, 1.165) is 28.2 Å². The SMILES string of the molecule is COc1ccc(-n2c(N)nc3cccnc32)cc1C. The number of benzene rings is 1. The average Bonchev–Trinajstić information content (AvgIpc) is 2.74. The first-order valence-electron chi connectivity index (χ1n) is 5.94. The van der Waals surface area contributed by atoms with Crippen LogP contribution in [-0.2, 0) is 0 Å². The number of nitrogen functional groups attached to an aromatic ring is 1. The fourth-order valence-corrected chi connectivity index (χ4v) is 2.19. The van der Waals surface area contributed by atoms with Crippen LogP contribution in [0.3, 0.4) is 0 Å². The third-order valence-corrected chi connectivity index (χ3v) is 3.08. The van der Waals surface area contributed by atoms with Crippen molar-refractivity contribution < 1.29 is 4.74 Å². The molecule has 0 amide bonds. The van der Waals surface area contributed by atoms with Crippen molar-refractivity contribution in [3.05, 3.63) is 42.1 Å². The summed E-state index contributed by atoms with van der Waals surface area (Å²) in [6.07, 6.45) is 1.73. The van der Waals surface area contributed by atoms with Crippen LogP contribution in [0.25, 0.3) is 16.9 Å². The number of hydrogen-bond acceptors (Lipinski definition) is 4. The number of pyridine rings is 1. The molecule has 5 nitrogen and oxygen atoms in total. The van der Waals surface area contributed by atoms with E-state index in [0.29, 0.717) is 5.95 Å². The molecule has 0 radical (unpaired) electrons. The normalized spacial score (nSPS) is 10.8. The molecule has 0 aliphatic carbocycles. The zero-order chi connectivity index (χ0) is 13.4. The smallest absolute Gasteiger partial charge is 0.207 e. The Labute approximate surface area is 110 Å². The van der Waals surface area contributed by atoms with Crippen LogP contribution >= 0.6 is 0 Å². The molecule has 0 bridgehead atoms. The Kier molecular flexibility index (Phi) is 2.59. The number of fused-ring (bicyclic) bond motifs is 1. The van der Waals surface area contributed by atoms with Gasteiger partial charge in [0.25, 0.3) is 0 Å². The van der Waals surface area contributed by atoms with Crippen LogP contribution in [-0.4, -0.2) is 21.6 Å². The number of nitrogens with zero attached hydrogens (tertiary/aromatic N) is 3. The van der Waals surface area contributed by atoms with Gasteiger partial charge in [0.1, 0.15) is 11.3 Å². The molecule has 0 saturated carbocycles. The zero-order valence-electron chi connectivity index (χ0n) is 10.8. The summed E-state index contributed by atoms with van der Waals surface area (Å²) < 4.78 is 7.10. The van der Waals surface area contributed by atoms with Crippen LogP contribution in [0.2, 0.25) is 0 Å². The van der Waals surface area contributed by atoms with Gasteiger partial charge in [-0.05, 0) is 42.8 Å². The van der Waals surface area contributed by atoms with Crippen molar-refractivity contribution in [3.63, 3.8) is 0 Å². The minimum atomic E-state index is 0.429. The van der Waals surface area contributed by atoms with Gasteiger partial charge in [-0.1, -0.05) is 0 Å². The molecular weight excluding hydrogens is 240 g/mol. The third-order valence-electron chi connectivity index (χ3n) is 3.08. The van der Waals surface area contributed by atoms with Crippen LogP contribution in [0.4, 0.5) is 5.95 Å². The predicted octanol–water partition coefficient (Wildman–Crippen LogP) is 2.32. The molecular formula is C14H14N4O. The Morgan fingerprint density at radius 1 is 1.26 bits per heavy atom. The topological polar surface area (TPSA) is 66.0 Å². The predicted molar refractivity (Wildman–Crippen MR) is 74.6 cm³/mol. The van der Waals surface area contributed by atoms with Crippen molar-refractivity contribution in [2.45, 2.75) is 6.92 Å². The largest absolute Gasteiger partial charge is 0.496 e. The Balaban J connectivity index is 2.24. The Morgan fingerprint density at radius 3 is 2.84 bits per heavy atom. The molecule has 0 saturated heterocycles. The van der Waals surface area contributed by atoms with E-state index >= 15 is 0 Å². The van der Waals surface area contributed by atoms with Crippen molar-refractivity contribution in [3.8, 4) is 11.4 Å². The number of ether oxygens (including phenoxy) is 1. The van der Waals surface area contributed by atoms with Gasteiger partial charge in [-0.15, -0.1) is 0 Å². The molecule has 2 heterocycles. The zero-order valence-corrected chi connectivity index (χ0v) is 10.8. The Morgan fingerprint density at radius 2 is 2.11 bits per heavy atom. The lowest BCUT2D eigenvalue weighted by Crippen LogP contribution is -2.02. The lowest BCUT2D eigenvalue weighted by Gasteiger charge is -2.09. The van der Waals surface area contributed by atoms with Crippen LogP contribution in [0.5, 0.6) is 5.75 Å². The first-order chi connectivity index (χ1) is 9.20. The van der Waals surface area contributed by atoms with Crippen molar-refractivity contribution in [2.24, 2.45) is 0 Å². The molecule has 0 aliphatic rings. The van der Waals surface area contributed by atoms with Crippen LogP contribution in [0, 0.1) is 6.92 Å². The monoisotopic (exact) mass is 254 g/mol. The number of nitrogens with two attached hydrogens (primary N) is 1. The summed E-state index contributed by atoms with van der Waals surface area (Å²) in [5, 5.41) is 0. The first kappa shape index (κ1) is 11.5. The minimum Gasteiger partial charge on any atom is -0.496 e. The number of aryl methyl sites for hydroxylation is 1. The summed E-state index contributed by atoms with van der Waals surface area (Å²) in [5.74, 6) is 1.28. The van der Waals surface area contributed by atoms with Gasteiger partial charge in [0.15, 0.2) is 5.65 Å². The maximum atomic E-state index is 5.99. The molecule has 0 aliphatic heterocycles. The second-order valence-corrected chi connectivity index (χ2v) is 4.31. The molecule has 96 valence electrons. The number of methoxy groups -OCH3 is 1. The third kappa shape index (κ3) is 1.79. The first-order valence-corrected chi connectivity index (χ1v) is 5.94. The van der Waals surface area contributed by atoms with Crippen LogP contribution < -0.4 is 10.5 Å². The molecule has 0 fully saturated rings. The second kappa shape index (κ2) is 4.28. The average molecular weight is 254 g/mol. The summed E-state index contributed by atoms with van der Waals surface area (Å²) in [6.45, 7) is 1.99. The van der Waals surface area contributed by atoms with E-state index in [1.165, 1.54) is 0 Å². The van der Waals surface area contributed by atoms with Crippen molar-refractivity contribution in [2.75, 3.05) is 12.8 Å². The van der Waals surface area contributed by atoms with E-state index in [-0.39, 0.29) is 0 Å². The summed E-state index contributed by atoms with van der Waals surface area (Å²) >= 11 is 0. The highest BCUT2D eigenvalue weighted by Crippen LogP contribution is 2.25. The van der Waals surface area contributed by atoms with Gasteiger partial charge >= 0.3 is 0 Å². The highest BCUT2D eigenvalue weighted by molar-refractivity contribution is 5.76. The highest BCUT2D eigenvalue weighted by atomic mass is 16.5. The van der Waals surface area contributed by atoms with Gasteiger partial charge < -0.3 is 10.5 Å². The summed E-state index contributed by atoms with van der Waals surface area (Å²) in [4.78, 5) is 8.65. The van der Waals surface area contributed by atoms with E-state index < -0.39 is 0 Å². The minimum absolute atomic E-state index is 0.429. The van der Waals surface area contributed by atoms with Gasteiger partial charge in [-0.25, -0.2) is 9.97 Å². The van der Waals surface area contributed by atoms with Crippen molar-refractivity contribution in [1.29, 1.82) is 0 Å². The van der Waals surface area contributed by atoms with Crippen molar-refractivity contribution in [1.82, 2.24) is 14.5 Å². The van der Waals surface area contributed by atoms with Gasteiger partial charge in [0, 0.05) is 6.20 Å². The lowest BCUT2D eigenvalue weighted by molar-refractivity contribution is 0.411. The standard InChI is InChI=1S/C14H14N4O/c1-9-8-10(5-6-12(9)19-2)18-13-11(17-14(18)15)4-3-7-16-13/h3-8H,1-2H3,(H2,15,17). The van der Waals surface area contributed by atoms with E-state index in [2.05, 4.69) is 9.97 Å². The maximum Gasteiger partial charge on any atom is 0.207 e. The second-order valence-electron chi connectivity index (χ2n) is 4.31. The molecule has 5 heteroatoms. The number of imidazole rings is 1. The summed E-state index contributed by atoms with van der Waals surface area (Å²) in [5.41, 5.74) is 9.49. The summed E-state index contributed by atoms with van der Waals surface area (Å²) in [7, 11) is 1.66. The number of hydrogen-bond donors (Lipinski definition) is 1. The van der Waals surface area contributed by atoms with Crippen LogP contribution in [0.1, 0.15) is 5.56 Å². The molecule has 0 spiro atoms. The molecule has 1 aromatic carbocycles. The van der Waals surface area contributed by atoms with Crippen LogP contribution in [0.15, 0.2) is 36.5 Å². The summed E-state index contributed by atoms with van der Waals surface area (Å²) in [6, 6.07) is 9.60. The van der Waals surface area contributed by atoms with E-state index in [9.17, 15) is 0 Å². The van der Waals surface area contributed by atoms with E-state index in [1.807, 2.05) is 41.8 Å².